The highest BCUT2D eigenvalue weighted by atomic mass is 16.5. The summed E-state index contributed by atoms with van der Waals surface area (Å²) in [6.45, 7) is 6.53. The molecule has 0 spiro atoms. The average molecular weight is 324 g/mol. The Bertz CT molecular complexity index is 440. The number of quaternary nitrogens is 1. The minimum atomic E-state index is -0.389. The van der Waals surface area contributed by atoms with Crippen molar-refractivity contribution in [3.63, 3.8) is 0 Å². The van der Waals surface area contributed by atoms with Crippen molar-refractivity contribution in [3.8, 4) is 0 Å². The summed E-state index contributed by atoms with van der Waals surface area (Å²) in [7, 11) is 0. The number of imide groups is 1. The van der Waals surface area contributed by atoms with Crippen molar-refractivity contribution in [2.24, 2.45) is 0 Å². The van der Waals surface area contributed by atoms with E-state index in [-0.39, 0.29) is 24.1 Å². The highest BCUT2D eigenvalue weighted by molar-refractivity contribution is 5.94. The first-order valence-corrected chi connectivity index (χ1v) is 8.77. The van der Waals surface area contributed by atoms with E-state index in [1.165, 1.54) is 18.4 Å². The van der Waals surface area contributed by atoms with Crippen LogP contribution in [0.5, 0.6) is 0 Å². The lowest BCUT2D eigenvalue weighted by Gasteiger charge is -2.31. The summed E-state index contributed by atoms with van der Waals surface area (Å²) in [5.74, 6) is -0.226. The monoisotopic (exact) mass is 324 g/mol. The zero-order valence-electron chi connectivity index (χ0n) is 14.3. The fraction of sp³-hybridized carbons (Fsp3) is 0.765. The normalized spacial score (nSPS) is 27.9. The van der Waals surface area contributed by atoms with Crippen molar-refractivity contribution < 1.29 is 19.2 Å². The molecule has 0 aromatic carbocycles. The third-order valence-corrected chi connectivity index (χ3v) is 4.40. The maximum Gasteiger partial charge on any atom is 0.321 e. The molecule has 1 unspecified atom stereocenters. The molecule has 23 heavy (non-hydrogen) atoms. The molecule has 1 fully saturated rings. The lowest BCUT2D eigenvalue weighted by Crippen LogP contribution is -3.16. The molecule has 0 aromatic rings. The summed E-state index contributed by atoms with van der Waals surface area (Å²) in [4.78, 5) is 24.9. The summed E-state index contributed by atoms with van der Waals surface area (Å²) in [5, 5.41) is 5.19. The van der Waals surface area contributed by atoms with Crippen LogP contribution in [0.2, 0.25) is 0 Å². The predicted molar refractivity (Wildman–Crippen MR) is 88.3 cm³/mol. The smallest absolute Gasteiger partial charge is 0.321 e. The van der Waals surface area contributed by atoms with E-state index in [1.807, 2.05) is 13.8 Å². The first-order valence-electron chi connectivity index (χ1n) is 8.77. The number of nitrogens with one attached hydrogen (secondary N) is 3. The van der Waals surface area contributed by atoms with Gasteiger partial charge in [-0.3, -0.25) is 10.1 Å². The number of rotatable bonds is 5. The van der Waals surface area contributed by atoms with Crippen LogP contribution in [-0.2, 0) is 9.53 Å². The molecule has 1 heterocycles. The van der Waals surface area contributed by atoms with E-state index in [9.17, 15) is 9.59 Å². The number of hydrogen-bond donors (Lipinski definition) is 3. The van der Waals surface area contributed by atoms with Gasteiger partial charge >= 0.3 is 6.03 Å². The van der Waals surface area contributed by atoms with Crippen LogP contribution >= 0.6 is 0 Å². The van der Waals surface area contributed by atoms with Gasteiger partial charge in [0.1, 0.15) is 25.3 Å². The van der Waals surface area contributed by atoms with Crippen molar-refractivity contribution in [1.29, 1.82) is 0 Å². The molecule has 2 rings (SSSR count). The van der Waals surface area contributed by atoms with Crippen molar-refractivity contribution in [2.75, 3.05) is 26.2 Å². The lowest BCUT2D eigenvalue weighted by atomic mass is 9.97. The molecule has 1 saturated heterocycles. The topological polar surface area (TPSA) is 71.9 Å². The molecule has 6 nitrogen and oxygen atoms in total. The molecule has 0 aromatic heterocycles. The first-order chi connectivity index (χ1) is 11.0. The molecule has 1 aliphatic heterocycles. The molecule has 0 radical (unpaired) electrons. The van der Waals surface area contributed by atoms with Crippen LogP contribution in [0.4, 0.5) is 4.79 Å². The van der Waals surface area contributed by atoms with Gasteiger partial charge in [0.25, 0.3) is 5.91 Å². The Hall–Kier alpha value is -1.40. The third kappa shape index (κ3) is 6.71. The highest BCUT2D eigenvalue weighted by Gasteiger charge is 2.27. The van der Waals surface area contributed by atoms with Crippen LogP contribution in [0.1, 0.15) is 46.0 Å². The second-order valence-electron chi connectivity index (χ2n) is 6.75. The molecule has 2 aliphatic rings. The van der Waals surface area contributed by atoms with Gasteiger partial charge in [-0.2, -0.15) is 0 Å². The summed E-state index contributed by atoms with van der Waals surface area (Å²) >= 11 is 0. The van der Waals surface area contributed by atoms with Crippen LogP contribution in [0, 0.1) is 0 Å². The number of allylic oxidation sites excluding steroid dienone is 1. The number of amides is 3. The lowest BCUT2D eigenvalue weighted by molar-refractivity contribution is -0.907. The molecule has 0 bridgehead atoms. The summed E-state index contributed by atoms with van der Waals surface area (Å²) in [5.41, 5.74) is 1.42. The molecule has 130 valence electrons. The Kier molecular flexibility index (Phi) is 7.05. The average Bonchev–Trinajstić information content (AvgIpc) is 2.47. The van der Waals surface area contributed by atoms with Gasteiger partial charge in [0, 0.05) is 6.54 Å². The molecule has 3 amide bonds. The van der Waals surface area contributed by atoms with Crippen molar-refractivity contribution in [3.05, 3.63) is 11.6 Å². The minimum Gasteiger partial charge on any atom is -0.364 e. The number of carbonyl (C=O) groups excluding carboxylic acids is 2. The maximum absolute atomic E-state index is 12.0. The molecule has 3 atom stereocenters. The van der Waals surface area contributed by atoms with E-state index in [0.29, 0.717) is 13.1 Å². The highest BCUT2D eigenvalue weighted by Crippen LogP contribution is 2.19. The standard InChI is InChI=1S/C17H29N3O3/c1-13-10-20(11-14(2)23-13)12-16(21)19-17(22)18-9-8-15-6-4-3-5-7-15/h6,13-14H,3-5,7-12H2,1-2H3,(H2,18,19,21,22)/p+1/t13-,14+. The molecule has 6 heteroatoms. The van der Waals surface area contributed by atoms with Crippen LogP contribution < -0.4 is 15.5 Å². The molecular weight excluding hydrogens is 294 g/mol. The fourth-order valence-corrected chi connectivity index (χ4v) is 3.44. The Labute approximate surface area is 138 Å². The van der Waals surface area contributed by atoms with Gasteiger partial charge in [-0.15, -0.1) is 0 Å². The van der Waals surface area contributed by atoms with Gasteiger partial charge in [0.05, 0.1) is 0 Å². The number of carbonyl (C=O) groups is 2. The van der Waals surface area contributed by atoms with Crippen molar-refractivity contribution >= 4 is 11.9 Å². The third-order valence-electron chi connectivity index (χ3n) is 4.40. The van der Waals surface area contributed by atoms with Gasteiger partial charge in [0.15, 0.2) is 6.54 Å². The fourth-order valence-electron chi connectivity index (χ4n) is 3.44. The van der Waals surface area contributed by atoms with Crippen molar-refractivity contribution in [2.45, 2.75) is 58.2 Å². The Morgan fingerprint density at radius 3 is 2.65 bits per heavy atom. The second kappa shape index (κ2) is 9.03. The molecular formula is C17H30N3O3+. The van der Waals surface area contributed by atoms with Crippen LogP contribution in [0.15, 0.2) is 11.6 Å². The van der Waals surface area contributed by atoms with Crippen molar-refractivity contribution in [1.82, 2.24) is 10.6 Å². The Balaban J connectivity index is 1.62. The second-order valence-corrected chi connectivity index (χ2v) is 6.75. The minimum absolute atomic E-state index is 0.152. The van der Waals surface area contributed by atoms with Crippen LogP contribution in [0.25, 0.3) is 0 Å². The van der Waals surface area contributed by atoms with Gasteiger partial charge in [-0.05, 0) is 46.0 Å². The Morgan fingerprint density at radius 2 is 2.00 bits per heavy atom. The van der Waals surface area contributed by atoms with Gasteiger partial charge in [-0.25, -0.2) is 4.79 Å². The quantitative estimate of drug-likeness (QED) is 0.641. The summed E-state index contributed by atoms with van der Waals surface area (Å²) < 4.78 is 5.65. The van der Waals surface area contributed by atoms with E-state index in [0.717, 1.165) is 37.3 Å². The van der Waals surface area contributed by atoms with E-state index in [1.54, 1.807) is 0 Å². The molecule has 0 saturated carbocycles. The number of hydrogen-bond acceptors (Lipinski definition) is 3. The first kappa shape index (κ1) is 17.9. The van der Waals surface area contributed by atoms with Crippen LogP contribution in [-0.4, -0.2) is 50.3 Å². The molecule has 1 aliphatic carbocycles. The summed E-state index contributed by atoms with van der Waals surface area (Å²) in [6.07, 6.45) is 8.27. The number of ether oxygens (including phenoxy) is 1. The van der Waals surface area contributed by atoms with Gasteiger partial charge in [0.2, 0.25) is 0 Å². The number of morpholine rings is 1. The molecule has 3 N–H and O–H groups in total. The summed E-state index contributed by atoms with van der Waals surface area (Å²) in [6, 6.07) is -0.389. The van der Waals surface area contributed by atoms with E-state index in [2.05, 4.69) is 16.7 Å². The zero-order valence-corrected chi connectivity index (χ0v) is 14.3. The van der Waals surface area contributed by atoms with Gasteiger partial charge < -0.3 is 15.0 Å². The predicted octanol–water partition coefficient (Wildman–Crippen LogP) is 0.395. The van der Waals surface area contributed by atoms with E-state index in [4.69, 9.17) is 4.74 Å². The Morgan fingerprint density at radius 1 is 1.26 bits per heavy atom. The van der Waals surface area contributed by atoms with E-state index >= 15 is 0 Å². The van der Waals surface area contributed by atoms with Gasteiger partial charge in [-0.1, -0.05) is 11.6 Å². The van der Waals surface area contributed by atoms with E-state index < -0.39 is 0 Å². The van der Waals surface area contributed by atoms with Crippen LogP contribution in [0.3, 0.4) is 0 Å². The largest absolute Gasteiger partial charge is 0.364 e. The zero-order chi connectivity index (χ0) is 16.7. The maximum atomic E-state index is 12.0. The number of urea groups is 1. The SMILES string of the molecule is C[C@@H]1C[NH+](CC(=O)NC(=O)NCCC2=CCCCC2)C[C@H](C)O1.